The van der Waals surface area contributed by atoms with E-state index < -0.39 is 0 Å². The highest BCUT2D eigenvalue weighted by Crippen LogP contribution is 2.18. The van der Waals surface area contributed by atoms with Crippen LogP contribution in [-0.2, 0) is 6.54 Å². The Bertz CT molecular complexity index is 580. The molecule has 1 heterocycles. The molecule has 0 aliphatic carbocycles. The summed E-state index contributed by atoms with van der Waals surface area (Å²) < 4.78 is 0.955. The minimum Gasteiger partial charge on any atom is -0.314 e. The van der Waals surface area contributed by atoms with E-state index in [1.807, 2.05) is 31.3 Å². The monoisotopic (exact) mass is 293 g/mol. The highest BCUT2D eigenvalue weighted by atomic mass is 79.9. The number of halogens is 1. The second-order valence-corrected chi connectivity index (χ2v) is 4.54. The molecule has 0 atom stereocenters. The van der Waals surface area contributed by atoms with Crippen LogP contribution in [0.2, 0.25) is 0 Å². The van der Waals surface area contributed by atoms with E-state index in [4.69, 9.17) is 0 Å². The maximum absolute atomic E-state index is 11.5. The van der Waals surface area contributed by atoms with Gasteiger partial charge < -0.3 is 10.3 Å². The topological polar surface area (TPSA) is 57.8 Å². The third-order valence-corrected chi connectivity index (χ3v) is 2.74. The van der Waals surface area contributed by atoms with Gasteiger partial charge in [-0.25, -0.2) is 4.98 Å². The van der Waals surface area contributed by atoms with E-state index in [0.717, 1.165) is 15.7 Å². The van der Waals surface area contributed by atoms with Gasteiger partial charge in [-0.1, -0.05) is 28.1 Å². The second kappa shape index (κ2) is 5.25. The average Bonchev–Trinajstić information content (AvgIpc) is 2.28. The van der Waals surface area contributed by atoms with E-state index in [2.05, 4.69) is 31.2 Å². The zero-order valence-corrected chi connectivity index (χ0v) is 10.9. The van der Waals surface area contributed by atoms with Crippen molar-refractivity contribution in [1.82, 2.24) is 15.3 Å². The van der Waals surface area contributed by atoms with E-state index in [0.29, 0.717) is 12.4 Å². The first kappa shape index (κ1) is 12.0. The fourth-order valence-electron chi connectivity index (χ4n) is 1.55. The molecule has 0 amide bonds. The molecule has 2 aromatic rings. The molecule has 1 aromatic carbocycles. The van der Waals surface area contributed by atoms with Crippen LogP contribution in [0.1, 0.15) is 5.69 Å². The molecule has 0 aliphatic heterocycles. The first-order valence-electron chi connectivity index (χ1n) is 5.20. The summed E-state index contributed by atoms with van der Waals surface area (Å²) in [5.74, 6) is 0.587. The van der Waals surface area contributed by atoms with Crippen LogP contribution in [0.25, 0.3) is 11.4 Å². The van der Waals surface area contributed by atoms with Gasteiger partial charge in [0, 0.05) is 22.6 Å². The van der Waals surface area contributed by atoms with Gasteiger partial charge in [0.2, 0.25) is 0 Å². The molecule has 0 saturated heterocycles. The maximum atomic E-state index is 11.5. The largest absolute Gasteiger partial charge is 0.314 e. The SMILES string of the molecule is CNCc1cc(=O)[nH]c(-c2cccc(Br)c2)n1. The summed E-state index contributed by atoms with van der Waals surface area (Å²) >= 11 is 3.40. The fourth-order valence-corrected chi connectivity index (χ4v) is 1.95. The minimum atomic E-state index is -0.139. The zero-order valence-electron chi connectivity index (χ0n) is 9.33. The van der Waals surface area contributed by atoms with Gasteiger partial charge in [-0.15, -0.1) is 0 Å². The standard InChI is InChI=1S/C12H12BrN3O/c1-14-7-10-6-11(17)16-12(15-10)8-3-2-4-9(13)5-8/h2-6,14H,7H2,1H3,(H,15,16,17). The lowest BCUT2D eigenvalue weighted by atomic mass is 10.2. The van der Waals surface area contributed by atoms with Gasteiger partial charge in [-0.3, -0.25) is 4.79 Å². The normalized spacial score (nSPS) is 10.5. The van der Waals surface area contributed by atoms with Crippen LogP contribution in [0, 0.1) is 0 Å². The van der Waals surface area contributed by atoms with Crippen molar-refractivity contribution in [2.75, 3.05) is 7.05 Å². The molecule has 5 heteroatoms. The Hall–Kier alpha value is -1.46. The van der Waals surface area contributed by atoms with Gasteiger partial charge >= 0.3 is 0 Å². The number of aromatic amines is 1. The molecule has 88 valence electrons. The van der Waals surface area contributed by atoms with Gasteiger partial charge in [0.25, 0.3) is 5.56 Å². The molecule has 1 aromatic heterocycles. The van der Waals surface area contributed by atoms with Crippen LogP contribution in [0.5, 0.6) is 0 Å². The van der Waals surface area contributed by atoms with Crippen molar-refractivity contribution < 1.29 is 0 Å². The molecule has 4 nitrogen and oxygen atoms in total. The summed E-state index contributed by atoms with van der Waals surface area (Å²) in [6.07, 6.45) is 0. The van der Waals surface area contributed by atoms with Crippen LogP contribution in [0.15, 0.2) is 39.6 Å². The number of hydrogen-bond donors (Lipinski definition) is 2. The summed E-state index contributed by atoms with van der Waals surface area (Å²) in [7, 11) is 1.82. The van der Waals surface area contributed by atoms with Gasteiger partial charge in [-0.05, 0) is 19.2 Å². The highest BCUT2D eigenvalue weighted by Gasteiger charge is 2.03. The van der Waals surface area contributed by atoms with E-state index >= 15 is 0 Å². The molecular weight excluding hydrogens is 282 g/mol. The quantitative estimate of drug-likeness (QED) is 0.909. The summed E-state index contributed by atoms with van der Waals surface area (Å²) in [6, 6.07) is 9.16. The van der Waals surface area contributed by atoms with Gasteiger partial charge in [0.05, 0.1) is 5.69 Å². The van der Waals surface area contributed by atoms with Crippen LogP contribution in [0.3, 0.4) is 0 Å². The number of nitrogens with one attached hydrogen (secondary N) is 2. The molecule has 2 rings (SSSR count). The van der Waals surface area contributed by atoms with Crippen molar-refractivity contribution in [3.63, 3.8) is 0 Å². The number of H-pyrrole nitrogens is 1. The van der Waals surface area contributed by atoms with E-state index in [1.165, 1.54) is 6.07 Å². The third-order valence-electron chi connectivity index (χ3n) is 2.25. The van der Waals surface area contributed by atoms with E-state index in [-0.39, 0.29) is 5.56 Å². The molecule has 0 fully saturated rings. The Morgan fingerprint density at radius 3 is 2.94 bits per heavy atom. The molecule has 0 spiro atoms. The Labute approximate surface area is 107 Å². The van der Waals surface area contributed by atoms with Gasteiger partial charge in [0.1, 0.15) is 5.82 Å². The first-order chi connectivity index (χ1) is 8.19. The average molecular weight is 294 g/mol. The second-order valence-electron chi connectivity index (χ2n) is 3.63. The molecular formula is C12H12BrN3O. The Kier molecular flexibility index (Phi) is 3.71. The minimum absolute atomic E-state index is 0.139. The van der Waals surface area contributed by atoms with Crippen LogP contribution in [-0.4, -0.2) is 17.0 Å². The van der Waals surface area contributed by atoms with Crippen molar-refractivity contribution in [3.8, 4) is 11.4 Å². The summed E-state index contributed by atoms with van der Waals surface area (Å²) in [5, 5.41) is 2.98. The molecule has 0 saturated carbocycles. The molecule has 17 heavy (non-hydrogen) atoms. The molecule has 0 radical (unpaired) electrons. The Morgan fingerprint density at radius 1 is 1.41 bits per heavy atom. The lowest BCUT2D eigenvalue weighted by Crippen LogP contribution is -2.14. The van der Waals surface area contributed by atoms with Crippen molar-refractivity contribution in [1.29, 1.82) is 0 Å². The molecule has 0 unspecified atom stereocenters. The van der Waals surface area contributed by atoms with Crippen molar-refractivity contribution >= 4 is 15.9 Å². The maximum Gasteiger partial charge on any atom is 0.251 e. The number of nitrogens with zero attached hydrogens (tertiary/aromatic N) is 1. The van der Waals surface area contributed by atoms with Gasteiger partial charge in [0.15, 0.2) is 0 Å². The Balaban J connectivity index is 2.48. The summed E-state index contributed by atoms with van der Waals surface area (Å²) in [5.41, 5.74) is 1.47. The predicted octanol–water partition coefficient (Wildman–Crippen LogP) is 1.92. The lowest BCUT2D eigenvalue weighted by Gasteiger charge is -2.04. The van der Waals surface area contributed by atoms with E-state index in [1.54, 1.807) is 0 Å². The number of benzene rings is 1. The number of aromatic nitrogens is 2. The van der Waals surface area contributed by atoms with Crippen LogP contribution < -0.4 is 10.9 Å². The fraction of sp³-hybridized carbons (Fsp3) is 0.167. The van der Waals surface area contributed by atoms with E-state index in [9.17, 15) is 4.79 Å². The molecule has 2 N–H and O–H groups in total. The number of rotatable bonds is 3. The smallest absolute Gasteiger partial charge is 0.251 e. The van der Waals surface area contributed by atoms with Crippen LogP contribution in [0.4, 0.5) is 0 Å². The van der Waals surface area contributed by atoms with Crippen molar-refractivity contribution in [2.45, 2.75) is 6.54 Å². The van der Waals surface area contributed by atoms with Gasteiger partial charge in [-0.2, -0.15) is 0 Å². The highest BCUT2D eigenvalue weighted by molar-refractivity contribution is 9.10. The third kappa shape index (κ3) is 3.01. The lowest BCUT2D eigenvalue weighted by molar-refractivity contribution is 0.785. The Morgan fingerprint density at radius 2 is 2.24 bits per heavy atom. The summed E-state index contributed by atoms with van der Waals surface area (Å²) in [4.78, 5) is 18.6. The molecule has 0 aliphatic rings. The predicted molar refractivity (Wildman–Crippen MR) is 70.8 cm³/mol. The molecule has 0 bridgehead atoms. The van der Waals surface area contributed by atoms with Crippen LogP contribution >= 0.6 is 15.9 Å². The number of hydrogen-bond acceptors (Lipinski definition) is 3. The zero-order chi connectivity index (χ0) is 12.3. The summed E-state index contributed by atoms with van der Waals surface area (Å²) in [6.45, 7) is 0.574. The van der Waals surface area contributed by atoms with Crippen molar-refractivity contribution in [3.05, 3.63) is 50.9 Å². The first-order valence-corrected chi connectivity index (χ1v) is 5.99. The van der Waals surface area contributed by atoms with Crippen molar-refractivity contribution in [2.24, 2.45) is 0 Å².